The maximum atomic E-state index is 11.6. The summed E-state index contributed by atoms with van der Waals surface area (Å²) in [5, 5.41) is 13.5. The molecule has 0 heterocycles. The van der Waals surface area contributed by atoms with Gasteiger partial charge in [-0.1, -0.05) is 19.4 Å². The lowest BCUT2D eigenvalue weighted by Crippen LogP contribution is -2.27. The second-order valence-electron chi connectivity index (χ2n) is 5.48. The molecule has 1 N–H and O–H groups in total. The summed E-state index contributed by atoms with van der Waals surface area (Å²) in [6, 6.07) is 4.66. The number of hydrogen-bond donors (Lipinski definition) is 1. The molecule has 6 nitrogen and oxygen atoms in total. The first-order valence-electron chi connectivity index (χ1n) is 6.50. The van der Waals surface area contributed by atoms with Crippen LogP contribution in [-0.2, 0) is 11.2 Å². The highest BCUT2D eigenvalue weighted by molar-refractivity contribution is 5.85. The average molecular weight is 280 g/mol. The van der Waals surface area contributed by atoms with Gasteiger partial charge < -0.3 is 4.74 Å². The van der Waals surface area contributed by atoms with Crippen LogP contribution in [-0.4, -0.2) is 16.6 Å². The first kappa shape index (κ1) is 15.9. The van der Waals surface area contributed by atoms with E-state index in [0.29, 0.717) is 17.7 Å². The van der Waals surface area contributed by atoms with Crippen LogP contribution in [0.2, 0.25) is 0 Å². The second-order valence-corrected chi connectivity index (χ2v) is 5.48. The van der Waals surface area contributed by atoms with Crippen molar-refractivity contribution in [3.63, 3.8) is 0 Å². The van der Waals surface area contributed by atoms with Crippen molar-refractivity contribution >= 4 is 17.5 Å². The van der Waals surface area contributed by atoms with Gasteiger partial charge in [0.2, 0.25) is 0 Å². The zero-order valence-corrected chi connectivity index (χ0v) is 12.2. The van der Waals surface area contributed by atoms with Crippen molar-refractivity contribution in [1.29, 1.82) is 0 Å². The number of ether oxygens (including phenoxy) is 1. The first-order valence-corrected chi connectivity index (χ1v) is 6.50. The predicted molar refractivity (Wildman–Crippen MR) is 76.9 cm³/mol. The van der Waals surface area contributed by atoms with E-state index < -0.39 is 16.6 Å². The minimum Gasteiger partial charge on any atom is -0.444 e. The number of rotatable bonds is 4. The van der Waals surface area contributed by atoms with Crippen LogP contribution in [0.15, 0.2) is 18.2 Å². The quantitative estimate of drug-likeness (QED) is 0.670. The summed E-state index contributed by atoms with van der Waals surface area (Å²) in [5.74, 6) is 0. The maximum Gasteiger partial charge on any atom is 0.412 e. The molecule has 1 aromatic rings. The van der Waals surface area contributed by atoms with Gasteiger partial charge in [0.25, 0.3) is 5.69 Å². The van der Waals surface area contributed by atoms with E-state index in [0.717, 1.165) is 6.42 Å². The zero-order valence-electron chi connectivity index (χ0n) is 12.2. The van der Waals surface area contributed by atoms with Gasteiger partial charge in [0, 0.05) is 11.6 Å². The Balaban J connectivity index is 2.90. The molecule has 0 aromatic heterocycles. The lowest BCUT2D eigenvalue weighted by molar-refractivity contribution is -0.385. The Labute approximate surface area is 118 Å². The van der Waals surface area contributed by atoms with E-state index >= 15 is 0 Å². The molecule has 0 unspecified atom stereocenters. The highest BCUT2D eigenvalue weighted by Crippen LogP contribution is 2.24. The van der Waals surface area contributed by atoms with E-state index in [-0.39, 0.29) is 5.69 Å². The highest BCUT2D eigenvalue weighted by Gasteiger charge is 2.18. The third-order valence-corrected chi connectivity index (χ3v) is 2.45. The first-order chi connectivity index (χ1) is 9.23. The Morgan fingerprint density at radius 2 is 2.05 bits per heavy atom. The normalized spacial score (nSPS) is 11.0. The maximum absolute atomic E-state index is 11.6. The number of carbonyl (C=O) groups is 1. The summed E-state index contributed by atoms with van der Waals surface area (Å²) in [5.41, 5.74) is 0.413. The Morgan fingerprint density at radius 3 is 2.55 bits per heavy atom. The van der Waals surface area contributed by atoms with Gasteiger partial charge in [0.15, 0.2) is 0 Å². The largest absolute Gasteiger partial charge is 0.444 e. The minimum atomic E-state index is -0.630. The van der Waals surface area contributed by atoms with Crippen molar-refractivity contribution in [2.24, 2.45) is 0 Å². The lowest BCUT2D eigenvalue weighted by atomic mass is 10.1. The predicted octanol–water partition coefficient (Wildman–Crippen LogP) is 3.89. The van der Waals surface area contributed by atoms with Crippen LogP contribution in [0.4, 0.5) is 16.2 Å². The smallest absolute Gasteiger partial charge is 0.412 e. The molecule has 0 aliphatic heterocycles. The van der Waals surface area contributed by atoms with Gasteiger partial charge in [0.05, 0.1) is 10.6 Å². The molecule has 1 amide bonds. The summed E-state index contributed by atoms with van der Waals surface area (Å²) in [7, 11) is 0. The van der Waals surface area contributed by atoms with E-state index in [1.54, 1.807) is 32.9 Å². The average Bonchev–Trinajstić information content (AvgIpc) is 2.28. The van der Waals surface area contributed by atoms with Crippen molar-refractivity contribution in [2.45, 2.75) is 46.1 Å². The summed E-state index contributed by atoms with van der Waals surface area (Å²) < 4.78 is 5.10. The molecule has 1 aromatic carbocycles. The van der Waals surface area contributed by atoms with Crippen molar-refractivity contribution in [3.05, 3.63) is 33.9 Å². The van der Waals surface area contributed by atoms with Crippen LogP contribution < -0.4 is 5.32 Å². The SMILES string of the molecule is CCCc1ccc(NC(=O)OC(C)(C)C)cc1[N+](=O)[O-]. The molecule has 0 atom stereocenters. The summed E-state index contributed by atoms with van der Waals surface area (Å²) >= 11 is 0. The number of hydrogen-bond acceptors (Lipinski definition) is 4. The van der Waals surface area contributed by atoms with Crippen molar-refractivity contribution in [1.82, 2.24) is 0 Å². The number of benzene rings is 1. The van der Waals surface area contributed by atoms with Gasteiger partial charge in [0.1, 0.15) is 5.60 Å². The van der Waals surface area contributed by atoms with Crippen LogP contribution in [0.3, 0.4) is 0 Å². The number of nitro groups is 1. The number of amides is 1. The molecule has 0 radical (unpaired) electrons. The number of nitrogens with zero attached hydrogens (tertiary/aromatic N) is 1. The third kappa shape index (κ3) is 4.87. The van der Waals surface area contributed by atoms with Crippen LogP contribution in [0, 0.1) is 10.1 Å². The zero-order chi connectivity index (χ0) is 15.3. The Kier molecular flexibility index (Phi) is 5.07. The minimum absolute atomic E-state index is 0.0143. The van der Waals surface area contributed by atoms with Gasteiger partial charge in [-0.25, -0.2) is 4.79 Å². The van der Waals surface area contributed by atoms with E-state index in [9.17, 15) is 14.9 Å². The van der Waals surface area contributed by atoms with Crippen molar-refractivity contribution < 1.29 is 14.5 Å². The van der Waals surface area contributed by atoms with Crippen LogP contribution in [0.5, 0.6) is 0 Å². The number of aryl methyl sites for hydroxylation is 1. The Morgan fingerprint density at radius 1 is 1.40 bits per heavy atom. The molecule has 1 rings (SSSR count). The topological polar surface area (TPSA) is 81.5 Å². The molecule has 0 fully saturated rings. The summed E-state index contributed by atoms with van der Waals surface area (Å²) in [6.07, 6.45) is 0.818. The van der Waals surface area contributed by atoms with Crippen LogP contribution in [0.1, 0.15) is 39.7 Å². The standard InChI is InChI=1S/C14H20N2O4/c1-5-6-10-7-8-11(9-12(10)16(18)19)15-13(17)20-14(2,3)4/h7-9H,5-6H2,1-4H3,(H,15,17). The van der Waals surface area contributed by atoms with Crippen LogP contribution in [0.25, 0.3) is 0 Å². The van der Waals surface area contributed by atoms with E-state index in [1.165, 1.54) is 6.07 Å². The summed E-state index contributed by atoms with van der Waals surface area (Å²) in [4.78, 5) is 22.2. The number of nitro benzene ring substituents is 1. The molecule has 0 spiro atoms. The van der Waals surface area contributed by atoms with Gasteiger partial charge >= 0.3 is 6.09 Å². The molecule has 0 aliphatic rings. The Bertz CT molecular complexity index is 506. The fourth-order valence-corrected chi connectivity index (χ4v) is 1.71. The van der Waals surface area contributed by atoms with Gasteiger partial charge in [-0.3, -0.25) is 15.4 Å². The number of anilines is 1. The highest BCUT2D eigenvalue weighted by atomic mass is 16.6. The van der Waals surface area contributed by atoms with Crippen molar-refractivity contribution in [3.8, 4) is 0 Å². The molecule has 0 saturated carbocycles. The Hall–Kier alpha value is -2.11. The molecular weight excluding hydrogens is 260 g/mol. The lowest BCUT2D eigenvalue weighted by Gasteiger charge is -2.19. The van der Waals surface area contributed by atoms with E-state index in [2.05, 4.69) is 5.32 Å². The number of nitrogens with one attached hydrogen (secondary N) is 1. The van der Waals surface area contributed by atoms with E-state index in [1.807, 2.05) is 6.92 Å². The van der Waals surface area contributed by atoms with Gasteiger partial charge in [-0.05, 0) is 33.3 Å². The molecule has 0 aliphatic carbocycles. The molecule has 6 heteroatoms. The molecular formula is C14H20N2O4. The molecule has 0 bridgehead atoms. The van der Waals surface area contributed by atoms with Crippen molar-refractivity contribution in [2.75, 3.05) is 5.32 Å². The van der Waals surface area contributed by atoms with Crippen LogP contribution >= 0.6 is 0 Å². The molecule has 20 heavy (non-hydrogen) atoms. The number of carbonyl (C=O) groups excluding carboxylic acids is 1. The fourth-order valence-electron chi connectivity index (χ4n) is 1.71. The van der Waals surface area contributed by atoms with E-state index in [4.69, 9.17) is 4.74 Å². The van der Waals surface area contributed by atoms with Gasteiger partial charge in [-0.2, -0.15) is 0 Å². The fraction of sp³-hybridized carbons (Fsp3) is 0.500. The molecule has 0 saturated heterocycles. The van der Waals surface area contributed by atoms with Gasteiger partial charge in [-0.15, -0.1) is 0 Å². The third-order valence-electron chi connectivity index (χ3n) is 2.45. The summed E-state index contributed by atoms with van der Waals surface area (Å²) in [6.45, 7) is 7.20. The monoisotopic (exact) mass is 280 g/mol. The molecule has 110 valence electrons. The second kappa shape index (κ2) is 6.36.